The lowest BCUT2D eigenvalue weighted by molar-refractivity contribution is -0.153. The first kappa shape index (κ1) is 22.3. The van der Waals surface area contributed by atoms with E-state index in [1.807, 2.05) is 0 Å². The molecular formula is C18H23F3N4O4S. The molecule has 0 aliphatic carbocycles. The fourth-order valence-corrected chi connectivity index (χ4v) is 4.65. The van der Waals surface area contributed by atoms with Gasteiger partial charge < -0.3 is 14.6 Å². The van der Waals surface area contributed by atoms with E-state index < -0.39 is 22.8 Å². The Bertz CT molecular complexity index is 955. The highest BCUT2D eigenvalue weighted by molar-refractivity contribution is 7.89. The fourth-order valence-electron chi connectivity index (χ4n) is 3.11. The van der Waals surface area contributed by atoms with E-state index in [2.05, 4.69) is 15.5 Å². The SMILES string of the molecule is Cc1noc(CNc2cc(S(=O)(=O)N3CCCCCC3)ccc2OCC(F)(F)F)n1. The topological polar surface area (TPSA) is 97.6 Å². The quantitative estimate of drug-likeness (QED) is 0.692. The second kappa shape index (κ2) is 9.21. The lowest BCUT2D eigenvalue weighted by Crippen LogP contribution is -2.32. The number of nitrogens with zero attached hydrogens (tertiary/aromatic N) is 3. The van der Waals surface area contributed by atoms with Crippen LogP contribution in [-0.4, -0.2) is 48.7 Å². The average molecular weight is 448 g/mol. The van der Waals surface area contributed by atoms with Crippen molar-refractivity contribution in [2.24, 2.45) is 0 Å². The molecule has 0 radical (unpaired) electrons. The molecule has 1 aromatic carbocycles. The predicted molar refractivity (Wildman–Crippen MR) is 102 cm³/mol. The van der Waals surface area contributed by atoms with E-state index in [1.54, 1.807) is 6.92 Å². The van der Waals surface area contributed by atoms with Crippen molar-refractivity contribution >= 4 is 15.7 Å². The minimum atomic E-state index is -4.53. The molecule has 0 spiro atoms. The van der Waals surface area contributed by atoms with Crippen LogP contribution in [0.1, 0.15) is 37.4 Å². The Morgan fingerprint density at radius 2 is 1.90 bits per heavy atom. The molecule has 166 valence electrons. The van der Waals surface area contributed by atoms with Gasteiger partial charge in [0.2, 0.25) is 15.9 Å². The Morgan fingerprint density at radius 1 is 1.20 bits per heavy atom. The van der Waals surface area contributed by atoms with Gasteiger partial charge in [0.25, 0.3) is 0 Å². The molecule has 0 bridgehead atoms. The number of anilines is 1. The third kappa shape index (κ3) is 5.85. The number of sulfonamides is 1. The lowest BCUT2D eigenvalue weighted by Gasteiger charge is -2.21. The molecule has 1 aromatic heterocycles. The van der Waals surface area contributed by atoms with E-state index in [0.717, 1.165) is 25.7 Å². The normalized spacial score (nSPS) is 16.3. The number of rotatable bonds is 7. The van der Waals surface area contributed by atoms with Crippen LogP contribution in [0.15, 0.2) is 27.6 Å². The summed E-state index contributed by atoms with van der Waals surface area (Å²) in [6, 6.07) is 3.75. The highest BCUT2D eigenvalue weighted by atomic mass is 32.2. The molecule has 0 atom stereocenters. The van der Waals surface area contributed by atoms with Crippen LogP contribution < -0.4 is 10.1 Å². The molecule has 8 nitrogen and oxygen atoms in total. The molecule has 2 aromatic rings. The minimum absolute atomic E-state index is 0.00354. The summed E-state index contributed by atoms with van der Waals surface area (Å²) in [5, 5.41) is 6.47. The third-order valence-electron chi connectivity index (χ3n) is 4.54. The molecule has 12 heteroatoms. The van der Waals surface area contributed by atoms with Gasteiger partial charge in [-0.05, 0) is 38.0 Å². The Labute approximate surface area is 172 Å². The summed E-state index contributed by atoms with van der Waals surface area (Å²) >= 11 is 0. The van der Waals surface area contributed by atoms with Gasteiger partial charge in [-0.1, -0.05) is 18.0 Å². The van der Waals surface area contributed by atoms with Gasteiger partial charge in [-0.3, -0.25) is 0 Å². The molecular weight excluding hydrogens is 425 g/mol. The molecule has 0 amide bonds. The summed E-state index contributed by atoms with van der Waals surface area (Å²) in [5.41, 5.74) is 0.0889. The standard InChI is InChI=1S/C18H23F3N4O4S/c1-13-23-17(29-24-13)11-22-15-10-14(6-7-16(15)28-12-18(19,20)21)30(26,27)25-8-4-2-3-5-9-25/h6-7,10,22H,2-5,8-9,11-12H2,1H3. The zero-order valence-electron chi connectivity index (χ0n) is 16.4. The predicted octanol–water partition coefficient (Wildman–Crippen LogP) is 3.50. The maximum atomic E-state index is 13.0. The van der Waals surface area contributed by atoms with Crippen LogP contribution >= 0.6 is 0 Å². The lowest BCUT2D eigenvalue weighted by atomic mass is 10.2. The molecule has 1 aliphatic rings. The number of nitrogens with one attached hydrogen (secondary N) is 1. The summed E-state index contributed by atoms with van der Waals surface area (Å²) in [4.78, 5) is 3.99. The van der Waals surface area contributed by atoms with Crippen molar-refractivity contribution in [3.8, 4) is 5.75 Å². The zero-order chi connectivity index (χ0) is 21.8. The highest BCUT2D eigenvalue weighted by Crippen LogP contribution is 2.31. The van der Waals surface area contributed by atoms with E-state index >= 15 is 0 Å². The first-order chi connectivity index (χ1) is 14.1. The van der Waals surface area contributed by atoms with Gasteiger partial charge in [-0.15, -0.1) is 0 Å². The van der Waals surface area contributed by atoms with Gasteiger partial charge in [-0.25, -0.2) is 8.42 Å². The van der Waals surface area contributed by atoms with Gasteiger partial charge in [0, 0.05) is 13.1 Å². The van der Waals surface area contributed by atoms with Crippen LogP contribution in [0.25, 0.3) is 0 Å². The van der Waals surface area contributed by atoms with E-state index in [1.165, 1.54) is 22.5 Å². The number of ether oxygens (including phenoxy) is 1. The van der Waals surface area contributed by atoms with Gasteiger partial charge in [0.15, 0.2) is 12.4 Å². The molecule has 0 saturated carbocycles. The van der Waals surface area contributed by atoms with Crippen LogP contribution in [-0.2, 0) is 16.6 Å². The minimum Gasteiger partial charge on any atom is -0.482 e. The zero-order valence-corrected chi connectivity index (χ0v) is 17.2. The highest BCUT2D eigenvalue weighted by Gasteiger charge is 2.30. The van der Waals surface area contributed by atoms with Gasteiger partial charge in [0.1, 0.15) is 5.75 Å². The van der Waals surface area contributed by atoms with Crippen molar-refractivity contribution in [3.05, 3.63) is 29.9 Å². The molecule has 1 saturated heterocycles. The fraction of sp³-hybridized carbons (Fsp3) is 0.556. The molecule has 2 heterocycles. The second-order valence-electron chi connectivity index (χ2n) is 6.97. The van der Waals surface area contributed by atoms with Gasteiger partial charge in [0.05, 0.1) is 17.1 Å². The Hall–Kier alpha value is -2.34. The smallest absolute Gasteiger partial charge is 0.422 e. The summed E-state index contributed by atoms with van der Waals surface area (Å²) in [7, 11) is -3.78. The first-order valence-electron chi connectivity index (χ1n) is 9.52. The largest absolute Gasteiger partial charge is 0.482 e. The van der Waals surface area contributed by atoms with Crippen molar-refractivity contribution in [2.45, 2.75) is 50.2 Å². The van der Waals surface area contributed by atoms with Crippen molar-refractivity contribution in [1.82, 2.24) is 14.4 Å². The molecule has 3 rings (SSSR count). The number of alkyl halides is 3. The van der Waals surface area contributed by atoms with Gasteiger partial charge >= 0.3 is 6.18 Å². The Morgan fingerprint density at radius 3 is 2.50 bits per heavy atom. The van der Waals surface area contributed by atoms with Crippen LogP contribution in [0.5, 0.6) is 5.75 Å². The maximum absolute atomic E-state index is 13.0. The first-order valence-corrected chi connectivity index (χ1v) is 11.0. The number of aromatic nitrogens is 2. The van der Waals surface area contributed by atoms with E-state index in [0.29, 0.717) is 18.9 Å². The summed E-state index contributed by atoms with van der Waals surface area (Å²) in [6.07, 6.45) is -1.06. The van der Waals surface area contributed by atoms with Crippen molar-refractivity contribution in [2.75, 3.05) is 25.0 Å². The molecule has 1 N–H and O–H groups in total. The molecule has 1 fully saturated rings. The molecule has 1 aliphatic heterocycles. The maximum Gasteiger partial charge on any atom is 0.422 e. The number of aryl methyl sites for hydroxylation is 1. The number of benzene rings is 1. The molecule has 0 unspecified atom stereocenters. The number of halogens is 3. The van der Waals surface area contributed by atoms with E-state index in [-0.39, 0.29) is 28.8 Å². The van der Waals surface area contributed by atoms with Crippen LogP contribution in [0.4, 0.5) is 18.9 Å². The number of hydrogen-bond donors (Lipinski definition) is 1. The molecule has 30 heavy (non-hydrogen) atoms. The van der Waals surface area contributed by atoms with E-state index in [4.69, 9.17) is 9.26 Å². The average Bonchev–Trinajstić information content (AvgIpc) is 2.92. The monoisotopic (exact) mass is 448 g/mol. The Balaban J connectivity index is 1.86. The summed E-state index contributed by atoms with van der Waals surface area (Å²) in [6.45, 7) is 0.951. The van der Waals surface area contributed by atoms with Crippen molar-refractivity contribution < 1.29 is 30.8 Å². The number of hydrogen-bond acceptors (Lipinski definition) is 7. The van der Waals surface area contributed by atoms with Crippen molar-refractivity contribution in [1.29, 1.82) is 0 Å². The third-order valence-corrected chi connectivity index (χ3v) is 6.44. The second-order valence-corrected chi connectivity index (χ2v) is 8.91. The summed E-state index contributed by atoms with van der Waals surface area (Å²) in [5.74, 6) is 0.478. The summed E-state index contributed by atoms with van der Waals surface area (Å²) < 4.78 is 75.1. The van der Waals surface area contributed by atoms with Crippen LogP contribution in [0.2, 0.25) is 0 Å². The van der Waals surface area contributed by atoms with Gasteiger partial charge in [-0.2, -0.15) is 22.5 Å². The van der Waals surface area contributed by atoms with Crippen molar-refractivity contribution in [3.63, 3.8) is 0 Å². The Kier molecular flexibility index (Phi) is 6.86. The van der Waals surface area contributed by atoms with Crippen LogP contribution in [0.3, 0.4) is 0 Å². The van der Waals surface area contributed by atoms with Crippen LogP contribution in [0, 0.1) is 6.92 Å². The van der Waals surface area contributed by atoms with E-state index in [9.17, 15) is 21.6 Å².